The van der Waals surface area contributed by atoms with Gasteiger partial charge in [0.1, 0.15) is 6.54 Å². The minimum Gasteiger partial charge on any atom is -0.352 e. The maximum absolute atomic E-state index is 12.2. The van der Waals surface area contributed by atoms with Gasteiger partial charge in [-0.05, 0) is 31.0 Å². The maximum Gasteiger partial charge on any atom is 0.334 e. The third-order valence-electron chi connectivity index (χ3n) is 3.73. The molecule has 1 aliphatic rings. The zero-order valence-corrected chi connectivity index (χ0v) is 15.4. The van der Waals surface area contributed by atoms with E-state index in [1.165, 1.54) is 6.07 Å². The Kier molecular flexibility index (Phi) is 6.27. The third kappa shape index (κ3) is 4.69. The Labute approximate surface area is 156 Å². The van der Waals surface area contributed by atoms with Crippen molar-refractivity contribution in [3.63, 3.8) is 0 Å². The molecule has 6 amide bonds. The molecule has 2 N–H and O–H groups in total. The zero-order chi connectivity index (χ0) is 20.1. The van der Waals surface area contributed by atoms with Crippen molar-refractivity contribution in [2.45, 2.75) is 20.8 Å². The standard InChI is InChI=1S/C18H22N4O5/c1-4-19-15(24)12-6-5-7-13(8-12)20-14(23)10-22-17(26)16(25)21(18(22)27)9-11(2)3/h5-8,11H,4,9-10H2,1-3H3,(H,19,24)(H,20,23). The largest absolute Gasteiger partial charge is 0.352 e. The molecule has 1 fully saturated rings. The van der Waals surface area contributed by atoms with Crippen LogP contribution >= 0.6 is 0 Å². The van der Waals surface area contributed by atoms with E-state index in [2.05, 4.69) is 10.6 Å². The van der Waals surface area contributed by atoms with Gasteiger partial charge in [0, 0.05) is 24.3 Å². The molecule has 0 unspecified atom stereocenters. The number of urea groups is 1. The molecular weight excluding hydrogens is 352 g/mol. The van der Waals surface area contributed by atoms with Gasteiger partial charge in [0.15, 0.2) is 0 Å². The number of anilines is 1. The fourth-order valence-corrected chi connectivity index (χ4v) is 2.56. The van der Waals surface area contributed by atoms with Crippen LogP contribution in [-0.4, -0.2) is 59.1 Å². The van der Waals surface area contributed by atoms with E-state index in [4.69, 9.17) is 0 Å². The smallest absolute Gasteiger partial charge is 0.334 e. The van der Waals surface area contributed by atoms with Crippen LogP contribution in [-0.2, 0) is 14.4 Å². The lowest BCUT2D eigenvalue weighted by molar-refractivity contribution is -0.143. The van der Waals surface area contributed by atoms with Gasteiger partial charge in [0.05, 0.1) is 0 Å². The summed E-state index contributed by atoms with van der Waals surface area (Å²) in [6, 6.07) is 5.44. The normalized spacial score (nSPS) is 14.1. The summed E-state index contributed by atoms with van der Waals surface area (Å²) in [4.78, 5) is 61.7. The first-order valence-corrected chi connectivity index (χ1v) is 8.60. The molecule has 9 nitrogen and oxygen atoms in total. The number of carbonyl (C=O) groups excluding carboxylic acids is 5. The molecule has 0 radical (unpaired) electrons. The Morgan fingerprint density at radius 1 is 1.07 bits per heavy atom. The molecule has 0 aliphatic carbocycles. The number of carbonyl (C=O) groups is 5. The highest BCUT2D eigenvalue weighted by Gasteiger charge is 2.45. The van der Waals surface area contributed by atoms with Crippen LogP contribution in [0.3, 0.4) is 0 Å². The van der Waals surface area contributed by atoms with Crippen molar-refractivity contribution < 1.29 is 24.0 Å². The monoisotopic (exact) mass is 374 g/mol. The summed E-state index contributed by atoms with van der Waals surface area (Å²) in [6.07, 6.45) is 0. The van der Waals surface area contributed by atoms with Gasteiger partial charge in [-0.1, -0.05) is 19.9 Å². The van der Waals surface area contributed by atoms with E-state index < -0.39 is 30.3 Å². The van der Waals surface area contributed by atoms with E-state index in [0.29, 0.717) is 22.7 Å². The van der Waals surface area contributed by atoms with Crippen molar-refractivity contribution in [3.8, 4) is 0 Å². The first-order chi connectivity index (χ1) is 12.7. The number of hydrogen-bond acceptors (Lipinski definition) is 5. The fourth-order valence-electron chi connectivity index (χ4n) is 2.56. The number of amides is 6. The molecule has 1 aliphatic heterocycles. The van der Waals surface area contributed by atoms with Crippen molar-refractivity contribution in [2.24, 2.45) is 5.92 Å². The van der Waals surface area contributed by atoms with Crippen LogP contribution < -0.4 is 10.6 Å². The summed E-state index contributed by atoms with van der Waals surface area (Å²) < 4.78 is 0. The van der Waals surface area contributed by atoms with E-state index in [1.807, 2.05) is 13.8 Å². The second-order valence-electron chi connectivity index (χ2n) is 6.47. The second kappa shape index (κ2) is 8.43. The molecule has 0 bridgehead atoms. The second-order valence-corrected chi connectivity index (χ2v) is 6.47. The lowest BCUT2D eigenvalue weighted by atomic mass is 10.2. The van der Waals surface area contributed by atoms with Crippen molar-refractivity contribution in [3.05, 3.63) is 29.8 Å². The van der Waals surface area contributed by atoms with Gasteiger partial charge >= 0.3 is 17.8 Å². The van der Waals surface area contributed by atoms with E-state index in [9.17, 15) is 24.0 Å². The Bertz CT molecular complexity index is 790. The minimum atomic E-state index is -1.02. The first-order valence-electron chi connectivity index (χ1n) is 8.60. The molecule has 144 valence electrons. The maximum atomic E-state index is 12.2. The first kappa shape index (κ1) is 20.1. The molecule has 0 spiro atoms. The lowest BCUT2D eigenvalue weighted by Crippen LogP contribution is -2.39. The van der Waals surface area contributed by atoms with Gasteiger partial charge in [0.25, 0.3) is 5.91 Å². The highest BCUT2D eigenvalue weighted by Crippen LogP contribution is 2.15. The van der Waals surface area contributed by atoms with Crippen LogP contribution in [0.5, 0.6) is 0 Å². The van der Waals surface area contributed by atoms with E-state index in [1.54, 1.807) is 25.1 Å². The molecule has 1 aromatic rings. The van der Waals surface area contributed by atoms with Gasteiger partial charge in [0.2, 0.25) is 5.91 Å². The summed E-state index contributed by atoms with van der Waals surface area (Å²) >= 11 is 0. The average molecular weight is 374 g/mol. The molecule has 9 heteroatoms. The van der Waals surface area contributed by atoms with Crippen LogP contribution in [0.25, 0.3) is 0 Å². The molecular formula is C18H22N4O5. The van der Waals surface area contributed by atoms with Crippen molar-refractivity contribution in [1.29, 1.82) is 0 Å². The Morgan fingerprint density at radius 3 is 2.37 bits per heavy atom. The molecule has 1 aromatic carbocycles. The summed E-state index contributed by atoms with van der Waals surface area (Å²) in [5.74, 6) is -2.89. The van der Waals surface area contributed by atoms with Gasteiger partial charge in [-0.15, -0.1) is 0 Å². The molecule has 1 saturated heterocycles. The molecule has 0 atom stereocenters. The number of nitrogens with one attached hydrogen (secondary N) is 2. The number of benzene rings is 1. The number of rotatable bonds is 7. The highest BCUT2D eigenvalue weighted by atomic mass is 16.2. The van der Waals surface area contributed by atoms with E-state index in [0.717, 1.165) is 4.90 Å². The molecule has 27 heavy (non-hydrogen) atoms. The fraction of sp³-hybridized carbons (Fsp3) is 0.389. The van der Waals surface area contributed by atoms with E-state index >= 15 is 0 Å². The average Bonchev–Trinajstić information content (AvgIpc) is 2.80. The van der Waals surface area contributed by atoms with Gasteiger partial charge < -0.3 is 10.6 Å². The van der Waals surface area contributed by atoms with Crippen LogP contribution in [0.2, 0.25) is 0 Å². The number of nitrogens with zero attached hydrogens (tertiary/aromatic N) is 2. The quantitative estimate of drug-likeness (QED) is 0.541. The van der Waals surface area contributed by atoms with Crippen molar-refractivity contribution >= 4 is 35.3 Å². The predicted molar refractivity (Wildman–Crippen MR) is 96.7 cm³/mol. The zero-order valence-electron chi connectivity index (χ0n) is 15.4. The van der Waals surface area contributed by atoms with Crippen molar-refractivity contribution in [2.75, 3.05) is 25.0 Å². The third-order valence-corrected chi connectivity index (χ3v) is 3.73. The molecule has 2 rings (SSSR count). The minimum absolute atomic E-state index is 0.00326. The highest BCUT2D eigenvalue weighted by molar-refractivity contribution is 6.45. The Balaban J connectivity index is 2.04. The Morgan fingerprint density at radius 2 is 1.74 bits per heavy atom. The number of hydrogen-bond donors (Lipinski definition) is 2. The topological polar surface area (TPSA) is 116 Å². The van der Waals surface area contributed by atoms with Crippen LogP contribution in [0.4, 0.5) is 10.5 Å². The summed E-state index contributed by atoms with van der Waals surface area (Å²) in [6.45, 7) is 5.40. The molecule has 0 saturated carbocycles. The summed E-state index contributed by atoms with van der Waals surface area (Å²) in [5, 5.41) is 5.17. The van der Waals surface area contributed by atoms with Gasteiger partial charge in [-0.3, -0.25) is 24.1 Å². The SMILES string of the molecule is CCNC(=O)c1cccc(NC(=O)CN2C(=O)C(=O)N(CC(C)C)C2=O)c1. The van der Waals surface area contributed by atoms with Crippen LogP contribution in [0, 0.1) is 5.92 Å². The van der Waals surface area contributed by atoms with Gasteiger partial charge in [-0.25, -0.2) is 9.69 Å². The molecule has 0 aromatic heterocycles. The van der Waals surface area contributed by atoms with Crippen molar-refractivity contribution in [1.82, 2.24) is 15.1 Å². The summed E-state index contributed by atoms with van der Waals surface area (Å²) in [7, 11) is 0. The Hall–Kier alpha value is -3.23. The summed E-state index contributed by atoms with van der Waals surface area (Å²) in [5.41, 5.74) is 0.703. The van der Waals surface area contributed by atoms with E-state index in [-0.39, 0.29) is 18.4 Å². The van der Waals surface area contributed by atoms with Crippen LogP contribution in [0.15, 0.2) is 24.3 Å². The lowest BCUT2D eigenvalue weighted by Gasteiger charge is -2.17. The van der Waals surface area contributed by atoms with Gasteiger partial charge in [-0.2, -0.15) is 0 Å². The molecule has 1 heterocycles. The predicted octanol–water partition coefficient (Wildman–Crippen LogP) is 0.822. The van der Waals surface area contributed by atoms with Crippen LogP contribution in [0.1, 0.15) is 31.1 Å². The number of imide groups is 2.